The third-order valence-electron chi connectivity index (χ3n) is 9.76. The van der Waals surface area contributed by atoms with E-state index < -0.39 is 6.29 Å². The molecule has 222 valence electrons. The predicted octanol–water partition coefficient (Wildman–Crippen LogP) is 5.97. The topological polar surface area (TPSA) is 121 Å². The first-order valence-corrected chi connectivity index (χ1v) is 16.1. The Hall–Kier alpha value is -2.92. The van der Waals surface area contributed by atoms with Crippen molar-refractivity contribution in [2.45, 2.75) is 81.2 Å². The first-order valence-electron chi connectivity index (χ1n) is 15.1. The number of amides is 2. The van der Waals surface area contributed by atoms with Gasteiger partial charge in [-0.05, 0) is 79.5 Å². The zero-order valence-corrected chi connectivity index (χ0v) is 24.7. The summed E-state index contributed by atoms with van der Waals surface area (Å²) >= 11 is 1.57. The minimum Gasteiger partial charge on any atom is -0.392 e. The number of hydrogen-bond acceptors (Lipinski definition) is 7. The van der Waals surface area contributed by atoms with E-state index in [0.717, 1.165) is 64.6 Å². The van der Waals surface area contributed by atoms with E-state index in [1.807, 2.05) is 48.5 Å². The van der Waals surface area contributed by atoms with Crippen LogP contribution >= 0.6 is 11.8 Å². The van der Waals surface area contributed by atoms with Crippen molar-refractivity contribution in [3.8, 4) is 0 Å². The predicted molar refractivity (Wildman–Crippen MR) is 160 cm³/mol. The largest absolute Gasteiger partial charge is 0.392 e. The monoisotopic (exact) mass is 589 g/mol. The van der Waals surface area contributed by atoms with Gasteiger partial charge in [-0.2, -0.15) is 5.10 Å². The van der Waals surface area contributed by atoms with Crippen LogP contribution < -0.4 is 10.6 Å². The molecule has 0 spiro atoms. The van der Waals surface area contributed by atoms with Crippen LogP contribution in [0.4, 0.5) is 10.5 Å². The number of H-pyrrole nitrogens is 1. The van der Waals surface area contributed by atoms with E-state index in [9.17, 15) is 9.90 Å². The maximum atomic E-state index is 13.1. The number of carbonyl (C=O) groups excluding carboxylic acids is 1. The van der Waals surface area contributed by atoms with E-state index in [4.69, 9.17) is 9.47 Å². The molecule has 0 radical (unpaired) electrons. The maximum absolute atomic E-state index is 13.1. The average Bonchev–Trinajstić information content (AvgIpc) is 3.50. The fourth-order valence-electron chi connectivity index (χ4n) is 8.13. The summed E-state index contributed by atoms with van der Waals surface area (Å²) in [6.45, 7) is 2.15. The third-order valence-corrected chi connectivity index (χ3v) is 10.7. The normalized spacial score (nSPS) is 33.4. The SMILES string of the molecule is C[C@H]1[C@@H](CSc2ncn[nH]2)O[C@@H](c2ccc(NC(=O)NC34CC5CC(CC(C5)C3)C4)cc2)O[C@H]1c1ccc(CO)cc1. The highest BCUT2D eigenvalue weighted by Crippen LogP contribution is 2.55. The van der Waals surface area contributed by atoms with Gasteiger partial charge in [-0.3, -0.25) is 5.10 Å². The lowest BCUT2D eigenvalue weighted by Crippen LogP contribution is -2.60. The Bertz CT molecular complexity index is 1330. The van der Waals surface area contributed by atoms with Crippen LogP contribution in [0.3, 0.4) is 0 Å². The van der Waals surface area contributed by atoms with E-state index in [-0.39, 0.29) is 36.3 Å². The highest BCUT2D eigenvalue weighted by atomic mass is 32.2. The zero-order chi connectivity index (χ0) is 28.7. The number of thioether (sulfide) groups is 1. The molecule has 9 nitrogen and oxygen atoms in total. The highest BCUT2D eigenvalue weighted by Gasteiger charge is 2.51. The van der Waals surface area contributed by atoms with Gasteiger partial charge < -0.3 is 25.2 Å². The maximum Gasteiger partial charge on any atom is 0.319 e. The summed E-state index contributed by atoms with van der Waals surface area (Å²) in [5.74, 6) is 3.10. The van der Waals surface area contributed by atoms with Crippen molar-refractivity contribution in [1.82, 2.24) is 20.5 Å². The molecule has 8 rings (SSSR count). The van der Waals surface area contributed by atoms with Crippen molar-refractivity contribution in [2.24, 2.45) is 23.7 Å². The molecular weight excluding hydrogens is 550 g/mol. The Morgan fingerprint density at radius 1 is 1.00 bits per heavy atom. The van der Waals surface area contributed by atoms with Crippen molar-refractivity contribution in [1.29, 1.82) is 0 Å². The van der Waals surface area contributed by atoms with Gasteiger partial charge in [0.2, 0.25) is 0 Å². The second kappa shape index (κ2) is 11.6. The van der Waals surface area contributed by atoms with Crippen molar-refractivity contribution < 1.29 is 19.4 Å². The summed E-state index contributed by atoms with van der Waals surface area (Å²) in [5.41, 5.74) is 3.52. The number of nitrogens with one attached hydrogen (secondary N) is 3. The quantitative estimate of drug-likeness (QED) is 0.239. The Kier molecular flexibility index (Phi) is 7.73. The van der Waals surface area contributed by atoms with Gasteiger partial charge in [-0.1, -0.05) is 55.1 Å². The van der Waals surface area contributed by atoms with Crippen LogP contribution in [-0.4, -0.2) is 43.7 Å². The molecule has 1 aliphatic heterocycles. The van der Waals surface area contributed by atoms with Gasteiger partial charge >= 0.3 is 6.03 Å². The Labute approximate surface area is 250 Å². The third kappa shape index (κ3) is 5.82. The van der Waals surface area contributed by atoms with Crippen molar-refractivity contribution in [3.05, 3.63) is 71.5 Å². The molecule has 5 aliphatic rings. The molecule has 2 aromatic carbocycles. The second-order valence-electron chi connectivity index (χ2n) is 12.8. The molecule has 4 saturated carbocycles. The van der Waals surface area contributed by atoms with E-state index >= 15 is 0 Å². The van der Waals surface area contributed by atoms with E-state index in [1.165, 1.54) is 25.6 Å². The van der Waals surface area contributed by atoms with Gasteiger partial charge in [0.05, 0.1) is 18.8 Å². The number of nitrogens with zero attached hydrogens (tertiary/aromatic N) is 2. The fraction of sp³-hybridized carbons (Fsp3) is 0.531. The standard InChI is InChI=1S/C32H39N5O4S/c1-19-27(17-42-31-33-18-34-37-31)40-29(41-28(19)24-4-2-20(16-38)3-5-24)25-6-8-26(9-7-25)35-30(39)36-32-13-21-10-22(14-32)12-23(11-21)15-32/h2-9,18-19,21-23,27-29,38H,10-17H2,1H3,(H,33,34,37)(H2,35,36,39)/t19-,21?,22?,23?,27+,28+,29+,32?/m0/s1. The van der Waals surface area contributed by atoms with Crippen LogP contribution in [0.5, 0.6) is 0 Å². The van der Waals surface area contributed by atoms with E-state index in [0.29, 0.717) is 5.75 Å². The smallest absolute Gasteiger partial charge is 0.319 e. The summed E-state index contributed by atoms with van der Waals surface area (Å²) in [6, 6.07) is 15.6. The minimum absolute atomic E-state index is 0.00445. The number of aromatic nitrogens is 3. The van der Waals surface area contributed by atoms with Crippen molar-refractivity contribution in [3.63, 3.8) is 0 Å². The number of ether oxygens (including phenoxy) is 2. The fourth-order valence-corrected chi connectivity index (χ4v) is 9.07. The summed E-state index contributed by atoms with van der Waals surface area (Å²) in [5, 5.41) is 23.6. The Morgan fingerprint density at radius 3 is 2.29 bits per heavy atom. The van der Waals surface area contributed by atoms with Crippen LogP contribution in [0.25, 0.3) is 0 Å². The van der Waals surface area contributed by atoms with Gasteiger partial charge in [0, 0.05) is 28.5 Å². The average molecular weight is 590 g/mol. The first-order chi connectivity index (χ1) is 20.4. The molecule has 42 heavy (non-hydrogen) atoms. The molecule has 2 heterocycles. The molecule has 2 amide bonds. The van der Waals surface area contributed by atoms with Crippen molar-refractivity contribution >= 4 is 23.5 Å². The summed E-state index contributed by atoms with van der Waals surface area (Å²) in [6.07, 6.45) is 8.06. The lowest BCUT2D eigenvalue weighted by molar-refractivity contribution is -0.268. The Morgan fingerprint density at radius 2 is 1.67 bits per heavy atom. The lowest BCUT2D eigenvalue weighted by atomic mass is 9.53. The number of rotatable bonds is 8. The number of benzene rings is 2. The molecule has 1 aromatic heterocycles. The number of urea groups is 1. The molecule has 4 aliphatic carbocycles. The minimum atomic E-state index is -0.570. The van der Waals surface area contributed by atoms with Gasteiger partial charge in [-0.25, -0.2) is 9.78 Å². The molecule has 0 unspecified atom stereocenters. The molecule has 10 heteroatoms. The lowest BCUT2D eigenvalue weighted by Gasteiger charge is -2.56. The summed E-state index contributed by atoms with van der Waals surface area (Å²) < 4.78 is 13.1. The van der Waals surface area contributed by atoms with Crippen LogP contribution in [0.15, 0.2) is 60.0 Å². The molecule has 1 saturated heterocycles. The summed E-state index contributed by atoms with van der Waals surface area (Å²) in [4.78, 5) is 17.3. The van der Waals surface area contributed by atoms with Crippen molar-refractivity contribution in [2.75, 3.05) is 11.1 Å². The number of hydrogen-bond donors (Lipinski definition) is 4. The number of carbonyl (C=O) groups is 1. The first kappa shape index (κ1) is 27.9. The van der Waals surface area contributed by atoms with Gasteiger partial charge in [0.25, 0.3) is 0 Å². The Balaban J connectivity index is 1.04. The van der Waals surface area contributed by atoms with Gasteiger partial charge in [0.15, 0.2) is 11.4 Å². The number of anilines is 1. The highest BCUT2D eigenvalue weighted by molar-refractivity contribution is 7.99. The summed E-state index contributed by atoms with van der Waals surface area (Å²) in [7, 11) is 0. The number of aromatic amines is 1. The molecule has 5 fully saturated rings. The number of aliphatic hydroxyl groups is 1. The van der Waals surface area contributed by atoms with Gasteiger partial charge in [-0.15, -0.1) is 0 Å². The zero-order valence-electron chi connectivity index (χ0n) is 23.9. The molecule has 4 N–H and O–H groups in total. The number of aliphatic hydroxyl groups excluding tert-OH is 1. The van der Waals surface area contributed by atoms with Crippen LogP contribution in [0.2, 0.25) is 0 Å². The molecule has 4 atom stereocenters. The van der Waals surface area contributed by atoms with Crippen LogP contribution in [-0.2, 0) is 16.1 Å². The van der Waals surface area contributed by atoms with Crippen LogP contribution in [0, 0.1) is 23.7 Å². The molecular formula is C32H39N5O4S. The van der Waals surface area contributed by atoms with Crippen LogP contribution in [0.1, 0.15) is 74.5 Å². The van der Waals surface area contributed by atoms with E-state index in [2.05, 4.69) is 32.7 Å². The van der Waals surface area contributed by atoms with E-state index in [1.54, 1.807) is 11.8 Å². The molecule has 4 bridgehead atoms. The molecule has 3 aromatic rings. The second-order valence-corrected chi connectivity index (χ2v) is 13.8. The van der Waals surface area contributed by atoms with Gasteiger partial charge in [0.1, 0.15) is 6.33 Å².